The third-order valence-electron chi connectivity index (χ3n) is 7.96. The maximum atomic E-state index is 13.6. The largest absolute Gasteiger partial charge is 0.444 e. The van der Waals surface area contributed by atoms with E-state index in [9.17, 15) is 9.59 Å². The number of hydrogen-bond acceptors (Lipinski definition) is 6. The molecule has 1 aliphatic rings. The number of amides is 1. The van der Waals surface area contributed by atoms with Crippen molar-refractivity contribution in [2.75, 3.05) is 11.5 Å². The fourth-order valence-corrected chi connectivity index (χ4v) is 6.15. The Morgan fingerprint density at radius 3 is 2.56 bits per heavy atom. The lowest BCUT2D eigenvalue weighted by atomic mass is 9.86. The van der Waals surface area contributed by atoms with Crippen LogP contribution in [0.2, 0.25) is 25.7 Å². The van der Waals surface area contributed by atoms with Crippen LogP contribution in [0.3, 0.4) is 0 Å². The number of anilines is 1. The number of hydrogen-bond donors (Lipinski definition) is 0. The van der Waals surface area contributed by atoms with Gasteiger partial charge in [0, 0.05) is 37.4 Å². The molecule has 0 bridgehead atoms. The normalized spacial score (nSPS) is 14.1. The number of carbonyl (C=O) groups excluding carboxylic acids is 1. The Morgan fingerprint density at radius 2 is 1.79 bits per heavy atom. The number of fused-ring (bicyclic) bond motifs is 1. The minimum Gasteiger partial charge on any atom is -0.444 e. The van der Waals surface area contributed by atoms with E-state index in [1.54, 1.807) is 23.2 Å². The van der Waals surface area contributed by atoms with Gasteiger partial charge in [-0.15, -0.1) is 0 Å². The monoisotopic (exact) mass is 598 g/mol. The molecule has 1 aliphatic carbocycles. The van der Waals surface area contributed by atoms with Crippen LogP contribution in [0, 0.1) is 0 Å². The van der Waals surface area contributed by atoms with Gasteiger partial charge in [-0.3, -0.25) is 14.7 Å². The quantitative estimate of drug-likeness (QED) is 0.131. The molecule has 43 heavy (non-hydrogen) atoms. The molecular weight excluding hydrogens is 556 g/mol. The van der Waals surface area contributed by atoms with E-state index >= 15 is 0 Å². The molecule has 0 spiro atoms. The molecule has 2 heterocycles. The molecule has 1 fully saturated rings. The van der Waals surface area contributed by atoms with Crippen molar-refractivity contribution in [3.63, 3.8) is 0 Å². The minimum atomic E-state index is -1.22. The predicted molar refractivity (Wildman–Crippen MR) is 173 cm³/mol. The molecular formula is C34H42N4O4Si. The smallest absolute Gasteiger partial charge is 0.414 e. The van der Waals surface area contributed by atoms with E-state index in [-0.39, 0.29) is 25.4 Å². The maximum absolute atomic E-state index is 13.6. The Bertz CT molecular complexity index is 1580. The van der Waals surface area contributed by atoms with E-state index in [0.717, 1.165) is 35.8 Å². The molecule has 2 aromatic carbocycles. The van der Waals surface area contributed by atoms with Crippen LogP contribution in [-0.2, 0) is 29.4 Å². The molecule has 1 saturated carbocycles. The highest BCUT2D eigenvalue weighted by atomic mass is 28.3. The van der Waals surface area contributed by atoms with Gasteiger partial charge in [0.15, 0.2) is 0 Å². The maximum Gasteiger partial charge on any atom is 0.414 e. The first-order valence-corrected chi connectivity index (χ1v) is 19.0. The molecule has 0 unspecified atom stereocenters. The first kappa shape index (κ1) is 30.6. The van der Waals surface area contributed by atoms with E-state index < -0.39 is 14.2 Å². The van der Waals surface area contributed by atoms with Crippen LogP contribution in [0.5, 0.6) is 0 Å². The fraction of sp³-hybridized carbons (Fsp3) is 0.412. The van der Waals surface area contributed by atoms with Crippen LogP contribution < -0.4 is 10.5 Å². The average molecular weight is 599 g/mol. The fourth-order valence-electron chi connectivity index (χ4n) is 5.40. The topological polar surface area (TPSA) is 86.6 Å². The second-order valence-electron chi connectivity index (χ2n) is 12.6. The summed E-state index contributed by atoms with van der Waals surface area (Å²) in [5.74, 6) is 0.459. The van der Waals surface area contributed by atoms with Crippen LogP contribution in [0.1, 0.15) is 55.0 Å². The summed E-state index contributed by atoms with van der Waals surface area (Å²) < 4.78 is 12.9. The molecule has 1 amide bonds. The van der Waals surface area contributed by atoms with Crippen molar-refractivity contribution in [2.24, 2.45) is 0 Å². The Balaban J connectivity index is 1.38. The van der Waals surface area contributed by atoms with Gasteiger partial charge in [0.05, 0.1) is 23.8 Å². The molecule has 0 saturated heterocycles. The van der Waals surface area contributed by atoms with Crippen LogP contribution >= 0.6 is 0 Å². The van der Waals surface area contributed by atoms with Crippen molar-refractivity contribution in [1.29, 1.82) is 0 Å². The summed E-state index contributed by atoms with van der Waals surface area (Å²) in [7, 11) is -1.22. The highest BCUT2D eigenvalue weighted by Crippen LogP contribution is 2.32. The zero-order valence-corrected chi connectivity index (χ0v) is 26.5. The van der Waals surface area contributed by atoms with Gasteiger partial charge in [-0.25, -0.2) is 9.48 Å². The Hall–Kier alpha value is -3.82. The second kappa shape index (κ2) is 14.1. The van der Waals surface area contributed by atoms with Crippen LogP contribution in [-0.4, -0.2) is 35.5 Å². The molecule has 5 rings (SSSR count). The van der Waals surface area contributed by atoms with Gasteiger partial charge < -0.3 is 9.47 Å². The van der Waals surface area contributed by atoms with Gasteiger partial charge in [0.1, 0.15) is 13.3 Å². The number of rotatable bonds is 11. The molecule has 0 atom stereocenters. The summed E-state index contributed by atoms with van der Waals surface area (Å²) in [6, 6.07) is 22.1. The van der Waals surface area contributed by atoms with Crippen molar-refractivity contribution in [2.45, 2.75) is 83.6 Å². The van der Waals surface area contributed by atoms with E-state index in [4.69, 9.17) is 14.5 Å². The van der Waals surface area contributed by atoms with Gasteiger partial charge in [0.2, 0.25) is 0 Å². The lowest BCUT2D eigenvalue weighted by Gasteiger charge is -2.24. The lowest BCUT2D eigenvalue weighted by Crippen LogP contribution is -2.31. The van der Waals surface area contributed by atoms with Gasteiger partial charge >= 0.3 is 6.09 Å². The summed E-state index contributed by atoms with van der Waals surface area (Å²) in [5, 5.41) is 5.51. The molecule has 9 heteroatoms. The number of benzene rings is 2. The summed E-state index contributed by atoms with van der Waals surface area (Å²) in [4.78, 5) is 33.3. The Labute approximate surface area is 254 Å². The van der Waals surface area contributed by atoms with Crippen molar-refractivity contribution < 1.29 is 14.3 Å². The van der Waals surface area contributed by atoms with Crippen molar-refractivity contribution in [3.05, 3.63) is 100 Å². The first-order valence-electron chi connectivity index (χ1n) is 15.3. The third kappa shape index (κ3) is 8.39. The average Bonchev–Trinajstić information content (AvgIpc) is 3.02. The highest BCUT2D eigenvalue weighted by molar-refractivity contribution is 6.76. The van der Waals surface area contributed by atoms with Crippen molar-refractivity contribution in [1.82, 2.24) is 14.8 Å². The predicted octanol–water partition coefficient (Wildman–Crippen LogP) is 7.49. The van der Waals surface area contributed by atoms with Crippen molar-refractivity contribution in [3.8, 4) is 0 Å². The van der Waals surface area contributed by atoms with E-state index in [1.807, 2.05) is 48.5 Å². The van der Waals surface area contributed by atoms with Crippen LogP contribution in [0.25, 0.3) is 10.8 Å². The first-order chi connectivity index (χ1) is 20.8. The lowest BCUT2D eigenvalue weighted by molar-refractivity contribution is 0.0754. The van der Waals surface area contributed by atoms with Gasteiger partial charge in [-0.2, -0.15) is 5.10 Å². The molecule has 4 aromatic rings. The number of nitrogens with zero attached hydrogens (tertiary/aromatic N) is 4. The molecule has 2 aromatic heterocycles. The van der Waals surface area contributed by atoms with E-state index in [1.165, 1.54) is 23.9 Å². The molecule has 0 aliphatic heterocycles. The number of carbonyl (C=O) groups is 1. The van der Waals surface area contributed by atoms with E-state index in [0.29, 0.717) is 29.0 Å². The molecule has 8 nitrogen and oxygen atoms in total. The zero-order chi connectivity index (χ0) is 30.2. The summed E-state index contributed by atoms with van der Waals surface area (Å²) in [5.41, 5.74) is 3.18. The van der Waals surface area contributed by atoms with Crippen molar-refractivity contribution >= 4 is 30.6 Å². The zero-order valence-electron chi connectivity index (χ0n) is 25.5. The Morgan fingerprint density at radius 1 is 1.00 bits per heavy atom. The number of aromatic nitrogens is 3. The standard InChI is InChI=1S/C34H42N4O4Si/c1-43(2,3)20-19-41-25-38-33(39)31-18-17-30(21-28(31)22-35-38)37(34(40)42-24-26-11-6-4-7-12-26)23-29-15-10-16-32(36-29)27-13-8-5-9-14-27/h4,6-7,10-12,15-18,21-22,27H,5,8-9,13-14,19-20,23-25H2,1-3H3. The third-order valence-corrected chi connectivity index (χ3v) is 9.66. The van der Waals surface area contributed by atoms with E-state index in [2.05, 4.69) is 30.8 Å². The molecule has 0 radical (unpaired) electrons. The summed E-state index contributed by atoms with van der Waals surface area (Å²) in [6.07, 6.45) is 7.21. The van der Waals surface area contributed by atoms with Gasteiger partial charge in [0.25, 0.3) is 5.56 Å². The molecule has 0 N–H and O–H groups in total. The van der Waals surface area contributed by atoms with Gasteiger partial charge in [-0.05, 0) is 54.8 Å². The highest BCUT2D eigenvalue weighted by Gasteiger charge is 2.22. The minimum absolute atomic E-state index is 0.113. The Kier molecular flexibility index (Phi) is 10.0. The SMILES string of the molecule is C[Si](C)(C)CCOCn1ncc2cc(N(Cc3cccc(C4CCCCC4)n3)C(=O)OCc3ccccc3)ccc2c1=O. The number of ether oxygens (including phenoxy) is 2. The summed E-state index contributed by atoms with van der Waals surface area (Å²) >= 11 is 0. The second-order valence-corrected chi connectivity index (χ2v) is 18.2. The van der Waals surface area contributed by atoms with Gasteiger partial charge in [-0.1, -0.05) is 75.3 Å². The summed E-state index contributed by atoms with van der Waals surface area (Å²) in [6.45, 7) is 7.99. The van der Waals surface area contributed by atoms with Crippen LogP contribution in [0.15, 0.2) is 77.7 Å². The number of pyridine rings is 1. The van der Waals surface area contributed by atoms with Crippen LogP contribution in [0.4, 0.5) is 10.5 Å². The molecule has 226 valence electrons.